The molecule has 0 unspecified atom stereocenters. The van der Waals surface area contributed by atoms with Crippen molar-refractivity contribution in [3.63, 3.8) is 0 Å². The Morgan fingerprint density at radius 2 is 2.00 bits per heavy atom. The molecule has 0 radical (unpaired) electrons. The summed E-state index contributed by atoms with van der Waals surface area (Å²) in [6.45, 7) is 1.86. The summed E-state index contributed by atoms with van der Waals surface area (Å²) in [5, 5.41) is 8.87. The highest BCUT2D eigenvalue weighted by atomic mass is 19.1. The van der Waals surface area contributed by atoms with Crippen molar-refractivity contribution in [2.24, 2.45) is 0 Å². The van der Waals surface area contributed by atoms with Gasteiger partial charge in [0.1, 0.15) is 11.9 Å². The fraction of sp³-hybridized carbons (Fsp3) is 0.364. The second kappa shape index (κ2) is 3.67. The van der Waals surface area contributed by atoms with E-state index in [0.29, 0.717) is 5.56 Å². The first-order valence-corrected chi connectivity index (χ1v) is 4.76. The van der Waals surface area contributed by atoms with Crippen molar-refractivity contribution >= 4 is 5.69 Å². The number of rotatable bonds is 1. The van der Waals surface area contributed by atoms with Crippen molar-refractivity contribution in [1.29, 1.82) is 5.26 Å². The van der Waals surface area contributed by atoms with Crippen molar-refractivity contribution in [2.75, 3.05) is 18.0 Å². The lowest BCUT2D eigenvalue weighted by Gasteiger charge is -2.18. The van der Waals surface area contributed by atoms with Crippen LogP contribution in [0, 0.1) is 17.1 Å². The van der Waals surface area contributed by atoms with Gasteiger partial charge in [0.15, 0.2) is 0 Å². The van der Waals surface area contributed by atoms with Gasteiger partial charge in [-0.15, -0.1) is 0 Å². The number of nitrogens with zero attached hydrogens (tertiary/aromatic N) is 2. The van der Waals surface area contributed by atoms with Crippen LogP contribution in [0.15, 0.2) is 18.2 Å². The van der Waals surface area contributed by atoms with Crippen LogP contribution in [-0.4, -0.2) is 13.1 Å². The largest absolute Gasteiger partial charge is 0.370 e. The smallest absolute Gasteiger partial charge is 0.125 e. The third-order valence-corrected chi connectivity index (χ3v) is 2.53. The van der Waals surface area contributed by atoms with E-state index < -0.39 is 0 Å². The minimum Gasteiger partial charge on any atom is -0.370 e. The second-order valence-corrected chi connectivity index (χ2v) is 3.47. The van der Waals surface area contributed by atoms with E-state index in [9.17, 15) is 4.39 Å². The van der Waals surface area contributed by atoms with Crippen LogP contribution in [0.1, 0.15) is 18.4 Å². The van der Waals surface area contributed by atoms with Gasteiger partial charge in [0, 0.05) is 13.1 Å². The number of nitriles is 1. The van der Waals surface area contributed by atoms with Gasteiger partial charge in [-0.25, -0.2) is 4.39 Å². The van der Waals surface area contributed by atoms with E-state index >= 15 is 0 Å². The molecule has 1 heterocycles. The summed E-state index contributed by atoms with van der Waals surface area (Å²) in [4.78, 5) is 2.07. The Morgan fingerprint density at radius 3 is 2.64 bits per heavy atom. The van der Waals surface area contributed by atoms with Crippen LogP contribution in [0.2, 0.25) is 0 Å². The Balaban J connectivity index is 2.39. The number of benzene rings is 1. The molecule has 0 atom stereocenters. The normalized spacial score (nSPS) is 15.6. The molecule has 1 aliphatic rings. The van der Waals surface area contributed by atoms with Gasteiger partial charge < -0.3 is 4.90 Å². The highest BCUT2D eigenvalue weighted by Crippen LogP contribution is 2.24. The third kappa shape index (κ3) is 1.56. The minimum absolute atomic E-state index is 0.272. The fourth-order valence-corrected chi connectivity index (χ4v) is 1.82. The van der Waals surface area contributed by atoms with Crippen LogP contribution in [0.25, 0.3) is 0 Å². The molecule has 14 heavy (non-hydrogen) atoms. The van der Waals surface area contributed by atoms with Gasteiger partial charge in [0.25, 0.3) is 0 Å². The molecule has 0 amide bonds. The van der Waals surface area contributed by atoms with E-state index in [1.54, 1.807) is 6.07 Å². The molecular formula is C11H11FN2. The van der Waals surface area contributed by atoms with E-state index in [-0.39, 0.29) is 5.82 Å². The Bertz CT molecular complexity index is 375. The van der Waals surface area contributed by atoms with Crippen LogP contribution in [-0.2, 0) is 0 Å². The molecular weight excluding hydrogens is 179 g/mol. The molecule has 2 nitrogen and oxygen atoms in total. The van der Waals surface area contributed by atoms with Crippen LogP contribution in [0.4, 0.5) is 10.1 Å². The van der Waals surface area contributed by atoms with Crippen LogP contribution in [0.5, 0.6) is 0 Å². The first-order chi connectivity index (χ1) is 6.81. The maximum absolute atomic E-state index is 13.0. The second-order valence-electron chi connectivity index (χ2n) is 3.47. The van der Waals surface area contributed by atoms with Crippen molar-refractivity contribution in [1.82, 2.24) is 0 Å². The zero-order valence-corrected chi connectivity index (χ0v) is 7.83. The summed E-state index contributed by atoms with van der Waals surface area (Å²) in [6.07, 6.45) is 2.25. The lowest BCUT2D eigenvalue weighted by atomic mass is 10.2. The summed E-state index contributed by atoms with van der Waals surface area (Å²) >= 11 is 0. The van der Waals surface area contributed by atoms with Crippen LogP contribution in [0.3, 0.4) is 0 Å². The lowest BCUT2D eigenvalue weighted by molar-refractivity contribution is 0.627. The van der Waals surface area contributed by atoms with Crippen molar-refractivity contribution in [2.45, 2.75) is 12.8 Å². The van der Waals surface area contributed by atoms with E-state index in [1.165, 1.54) is 12.1 Å². The molecule has 1 aliphatic heterocycles. The van der Waals surface area contributed by atoms with E-state index in [2.05, 4.69) is 11.0 Å². The fourth-order valence-electron chi connectivity index (χ4n) is 1.82. The lowest BCUT2D eigenvalue weighted by Crippen LogP contribution is -2.18. The number of hydrogen-bond donors (Lipinski definition) is 0. The molecule has 0 N–H and O–H groups in total. The Kier molecular flexibility index (Phi) is 2.36. The molecule has 1 aromatic rings. The molecule has 2 rings (SSSR count). The maximum Gasteiger partial charge on any atom is 0.125 e. The van der Waals surface area contributed by atoms with Crippen LogP contribution < -0.4 is 4.90 Å². The quantitative estimate of drug-likeness (QED) is 0.679. The summed E-state index contributed by atoms with van der Waals surface area (Å²) in [6, 6.07) is 6.42. The monoisotopic (exact) mass is 190 g/mol. The predicted octanol–water partition coefficient (Wildman–Crippen LogP) is 2.30. The maximum atomic E-state index is 13.0. The first kappa shape index (κ1) is 9.01. The highest BCUT2D eigenvalue weighted by molar-refractivity contribution is 5.59. The molecule has 1 aromatic carbocycles. The number of hydrogen-bond acceptors (Lipinski definition) is 2. The predicted molar refractivity (Wildman–Crippen MR) is 52.6 cm³/mol. The standard InChI is InChI=1S/C11H11FN2/c12-10-4-3-9(8-13)11(7-10)14-5-1-2-6-14/h3-4,7H,1-2,5-6H2. The molecule has 1 saturated heterocycles. The third-order valence-electron chi connectivity index (χ3n) is 2.53. The topological polar surface area (TPSA) is 27.0 Å². The zero-order chi connectivity index (χ0) is 9.97. The Labute approximate surface area is 82.6 Å². The van der Waals surface area contributed by atoms with Gasteiger partial charge in [0.2, 0.25) is 0 Å². The first-order valence-electron chi connectivity index (χ1n) is 4.76. The minimum atomic E-state index is -0.272. The average molecular weight is 190 g/mol. The molecule has 0 spiro atoms. The van der Waals surface area contributed by atoms with E-state index in [0.717, 1.165) is 31.6 Å². The Hall–Kier alpha value is -1.56. The van der Waals surface area contributed by atoms with Gasteiger partial charge in [-0.05, 0) is 31.0 Å². The van der Waals surface area contributed by atoms with Gasteiger partial charge in [-0.3, -0.25) is 0 Å². The molecule has 3 heteroatoms. The van der Waals surface area contributed by atoms with Crippen molar-refractivity contribution in [3.05, 3.63) is 29.6 Å². The molecule has 0 aliphatic carbocycles. The Morgan fingerprint density at radius 1 is 1.29 bits per heavy atom. The van der Waals surface area contributed by atoms with Crippen LogP contribution >= 0.6 is 0 Å². The molecule has 1 fully saturated rings. The number of halogens is 1. The zero-order valence-electron chi connectivity index (χ0n) is 7.83. The highest BCUT2D eigenvalue weighted by Gasteiger charge is 2.16. The summed E-state index contributed by atoms with van der Waals surface area (Å²) in [5.74, 6) is -0.272. The average Bonchev–Trinajstić information content (AvgIpc) is 2.70. The molecule has 72 valence electrons. The molecule has 0 aromatic heterocycles. The SMILES string of the molecule is N#Cc1ccc(F)cc1N1CCCC1. The van der Waals surface area contributed by atoms with Gasteiger partial charge in [-0.1, -0.05) is 0 Å². The van der Waals surface area contributed by atoms with Crippen molar-refractivity contribution < 1.29 is 4.39 Å². The van der Waals surface area contributed by atoms with Gasteiger partial charge in [0.05, 0.1) is 11.3 Å². The summed E-state index contributed by atoms with van der Waals surface area (Å²) in [7, 11) is 0. The summed E-state index contributed by atoms with van der Waals surface area (Å²) < 4.78 is 13.0. The van der Waals surface area contributed by atoms with E-state index in [4.69, 9.17) is 5.26 Å². The van der Waals surface area contributed by atoms with Gasteiger partial charge in [-0.2, -0.15) is 5.26 Å². The number of anilines is 1. The summed E-state index contributed by atoms with van der Waals surface area (Å²) in [5.41, 5.74) is 1.30. The molecule has 0 bridgehead atoms. The van der Waals surface area contributed by atoms with Gasteiger partial charge >= 0.3 is 0 Å². The molecule has 0 saturated carbocycles. The van der Waals surface area contributed by atoms with Crippen molar-refractivity contribution in [3.8, 4) is 6.07 Å². The van der Waals surface area contributed by atoms with E-state index in [1.807, 2.05) is 0 Å².